The Bertz CT molecular complexity index is 895. The van der Waals surface area contributed by atoms with Gasteiger partial charge in [0.25, 0.3) is 5.91 Å². The molecule has 2 aromatic heterocycles. The molecule has 23 heavy (non-hydrogen) atoms. The molecule has 3 aromatic rings. The fourth-order valence-corrected chi connectivity index (χ4v) is 3.88. The fraction of sp³-hybridized carbons (Fsp3) is 0.167. The third kappa shape index (κ3) is 2.69. The molecule has 116 valence electrons. The van der Waals surface area contributed by atoms with Crippen molar-refractivity contribution < 1.29 is 4.79 Å². The van der Waals surface area contributed by atoms with E-state index in [4.69, 9.17) is 11.6 Å². The number of carbonyl (C=O) groups excluding carboxylic acids is 1. The van der Waals surface area contributed by atoms with Crippen LogP contribution in [0.3, 0.4) is 0 Å². The summed E-state index contributed by atoms with van der Waals surface area (Å²) in [7, 11) is 0. The number of thiophene rings is 1. The van der Waals surface area contributed by atoms with Crippen molar-refractivity contribution >= 4 is 45.3 Å². The van der Waals surface area contributed by atoms with Gasteiger partial charge in [-0.2, -0.15) is 0 Å². The van der Waals surface area contributed by atoms with Gasteiger partial charge < -0.3 is 9.88 Å². The molecule has 0 unspecified atom stereocenters. The number of fused-ring (bicyclic) bond motifs is 1. The van der Waals surface area contributed by atoms with Crippen LogP contribution < -0.4 is 0 Å². The molecule has 1 aliphatic rings. The molecule has 1 aromatic carbocycles. The number of nitrogens with zero attached hydrogens (tertiary/aromatic N) is 1. The SMILES string of the molecule is O=C(c1cccs1)N1CC=C(c2c[nH]c3cc(Cl)ccc23)CC1. The predicted molar refractivity (Wildman–Crippen MR) is 96.1 cm³/mol. The van der Waals surface area contributed by atoms with Gasteiger partial charge in [0.15, 0.2) is 0 Å². The van der Waals surface area contributed by atoms with E-state index in [0.29, 0.717) is 6.54 Å². The number of carbonyl (C=O) groups is 1. The van der Waals surface area contributed by atoms with Crippen molar-refractivity contribution in [1.82, 2.24) is 9.88 Å². The van der Waals surface area contributed by atoms with Crippen LogP contribution in [0.1, 0.15) is 21.7 Å². The number of nitrogens with one attached hydrogen (secondary N) is 1. The van der Waals surface area contributed by atoms with Gasteiger partial charge in [-0.15, -0.1) is 11.3 Å². The summed E-state index contributed by atoms with van der Waals surface area (Å²) in [5.74, 6) is 0.126. The van der Waals surface area contributed by atoms with Gasteiger partial charge in [-0.1, -0.05) is 29.8 Å². The topological polar surface area (TPSA) is 36.1 Å². The molecular weight excluding hydrogens is 328 g/mol. The highest BCUT2D eigenvalue weighted by Gasteiger charge is 2.21. The van der Waals surface area contributed by atoms with Crippen LogP contribution in [0.5, 0.6) is 0 Å². The Balaban J connectivity index is 1.58. The molecule has 1 N–H and O–H groups in total. The second kappa shape index (κ2) is 5.87. The smallest absolute Gasteiger partial charge is 0.264 e. The summed E-state index contributed by atoms with van der Waals surface area (Å²) >= 11 is 7.54. The largest absolute Gasteiger partial charge is 0.361 e. The van der Waals surface area contributed by atoms with Crippen molar-refractivity contribution in [3.05, 3.63) is 63.4 Å². The standard InChI is InChI=1S/C18H15ClN2OS/c19-13-3-4-14-15(11-20-16(14)10-13)12-5-7-21(8-6-12)18(22)17-2-1-9-23-17/h1-5,9-11,20H,6-8H2. The molecule has 0 bridgehead atoms. The maximum absolute atomic E-state index is 12.4. The Labute approximate surface area is 143 Å². The molecule has 0 atom stereocenters. The minimum absolute atomic E-state index is 0.126. The van der Waals surface area contributed by atoms with E-state index in [-0.39, 0.29) is 5.91 Å². The van der Waals surface area contributed by atoms with E-state index in [9.17, 15) is 4.79 Å². The van der Waals surface area contributed by atoms with Crippen LogP contribution in [0, 0.1) is 0 Å². The molecule has 0 saturated heterocycles. The number of aromatic amines is 1. The second-order valence-corrected chi connectivity index (χ2v) is 6.98. The Hall–Kier alpha value is -2.04. The Morgan fingerprint density at radius 3 is 2.96 bits per heavy atom. The van der Waals surface area contributed by atoms with Crippen LogP contribution in [-0.4, -0.2) is 28.9 Å². The predicted octanol–water partition coefficient (Wildman–Crippen LogP) is 4.81. The van der Waals surface area contributed by atoms with Crippen LogP contribution in [0.25, 0.3) is 16.5 Å². The third-order valence-electron chi connectivity index (χ3n) is 4.22. The molecule has 0 spiro atoms. The van der Waals surface area contributed by atoms with Gasteiger partial charge in [-0.25, -0.2) is 0 Å². The lowest BCUT2D eigenvalue weighted by atomic mass is 9.99. The molecule has 0 radical (unpaired) electrons. The monoisotopic (exact) mass is 342 g/mol. The van der Waals surface area contributed by atoms with Crippen LogP contribution in [-0.2, 0) is 0 Å². The van der Waals surface area contributed by atoms with Gasteiger partial charge in [-0.3, -0.25) is 4.79 Å². The van der Waals surface area contributed by atoms with Crippen LogP contribution in [0.2, 0.25) is 5.02 Å². The number of hydrogen-bond acceptors (Lipinski definition) is 2. The summed E-state index contributed by atoms with van der Waals surface area (Å²) in [6, 6.07) is 9.71. The summed E-state index contributed by atoms with van der Waals surface area (Å²) in [5.41, 5.74) is 3.54. The number of aromatic nitrogens is 1. The van der Waals surface area contributed by atoms with Crippen molar-refractivity contribution in [1.29, 1.82) is 0 Å². The average Bonchev–Trinajstić information content (AvgIpc) is 3.23. The molecule has 4 rings (SSSR count). The molecular formula is C18H15ClN2OS. The first kappa shape index (κ1) is 14.5. The van der Waals surface area contributed by atoms with Crippen molar-refractivity contribution in [2.45, 2.75) is 6.42 Å². The van der Waals surface area contributed by atoms with Crippen molar-refractivity contribution in [3.63, 3.8) is 0 Å². The average molecular weight is 343 g/mol. The van der Waals surface area contributed by atoms with Gasteiger partial charge in [0, 0.05) is 40.8 Å². The fourth-order valence-electron chi connectivity index (χ4n) is 3.02. The summed E-state index contributed by atoms with van der Waals surface area (Å²) in [6.07, 6.45) is 5.06. The highest BCUT2D eigenvalue weighted by molar-refractivity contribution is 7.12. The summed E-state index contributed by atoms with van der Waals surface area (Å²) in [5, 5.41) is 3.85. The summed E-state index contributed by atoms with van der Waals surface area (Å²) in [4.78, 5) is 18.4. The minimum Gasteiger partial charge on any atom is -0.361 e. The van der Waals surface area contributed by atoms with E-state index < -0.39 is 0 Å². The maximum Gasteiger partial charge on any atom is 0.264 e. The number of hydrogen-bond donors (Lipinski definition) is 1. The number of benzene rings is 1. The second-order valence-electron chi connectivity index (χ2n) is 5.60. The van der Waals surface area contributed by atoms with E-state index in [0.717, 1.165) is 28.4 Å². The first-order valence-electron chi connectivity index (χ1n) is 7.51. The Morgan fingerprint density at radius 1 is 1.30 bits per heavy atom. The molecule has 0 aliphatic carbocycles. The van der Waals surface area contributed by atoms with Gasteiger partial charge >= 0.3 is 0 Å². The van der Waals surface area contributed by atoms with Crippen LogP contribution in [0.15, 0.2) is 48.0 Å². The van der Waals surface area contributed by atoms with Gasteiger partial charge in [-0.05, 0) is 35.6 Å². The zero-order valence-corrected chi connectivity index (χ0v) is 14.0. The molecule has 5 heteroatoms. The van der Waals surface area contributed by atoms with Crippen LogP contribution >= 0.6 is 22.9 Å². The van der Waals surface area contributed by atoms with Crippen molar-refractivity contribution in [2.75, 3.05) is 13.1 Å². The van der Waals surface area contributed by atoms with E-state index in [1.165, 1.54) is 27.9 Å². The normalized spacial score (nSPS) is 15.0. The van der Waals surface area contributed by atoms with Crippen LogP contribution in [0.4, 0.5) is 0 Å². The number of rotatable bonds is 2. The van der Waals surface area contributed by atoms with Crippen molar-refractivity contribution in [3.8, 4) is 0 Å². The quantitative estimate of drug-likeness (QED) is 0.712. The lowest BCUT2D eigenvalue weighted by molar-refractivity contribution is 0.0777. The van der Waals surface area contributed by atoms with E-state index in [2.05, 4.69) is 11.1 Å². The van der Waals surface area contributed by atoms with Crippen molar-refractivity contribution in [2.24, 2.45) is 0 Å². The van der Waals surface area contributed by atoms with E-state index in [1.54, 1.807) is 0 Å². The maximum atomic E-state index is 12.4. The van der Waals surface area contributed by atoms with Gasteiger partial charge in [0.05, 0.1) is 4.88 Å². The first-order chi connectivity index (χ1) is 11.2. The summed E-state index contributed by atoms with van der Waals surface area (Å²) < 4.78 is 0. The zero-order valence-electron chi connectivity index (χ0n) is 12.4. The molecule has 0 saturated carbocycles. The number of halogens is 1. The highest BCUT2D eigenvalue weighted by atomic mass is 35.5. The summed E-state index contributed by atoms with van der Waals surface area (Å²) in [6.45, 7) is 1.41. The number of amides is 1. The Kier molecular flexibility index (Phi) is 3.71. The first-order valence-corrected chi connectivity index (χ1v) is 8.77. The number of H-pyrrole nitrogens is 1. The highest BCUT2D eigenvalue weighted by Crippen LogP contribution is 2.31. The molecule has 3 heterocycles. The molecule has 3 nitrogen and oxygen atoms in total. The van der Waals surface area contributed by atoms with Gasteiger partial charge in [0.2, 0.25) is 0 Å². The molecule has 0 fully saturated rings. The van der Waals surface area contributed by atoms with E-state index in [1.807, 2.05) is 46.8 Å². The third-order valence-corrected chi connectivity index (χ3v) is 5.31. The van der Waals surface area contributed by atoms with E-state index >= 15 is 0 Å². The lowest BCUT2D eigenvalue weighted by Gasteiger charge is -2.26. The molecule has 1 amide bonds. The minimum atomic E-state index is 0.126. The lowest BCUT2D eigenvalue weighted by Crippen LogP contribution is -2.34. The van der Waals surface area contributed by atoms with Gasteiger partial charge in [0.1, 0.15) is 0 Å². The zero-order chi connectivity index (χ0) is 15.8. The Morgan fingerprint density at radius 2 is 2.22 bits per heavy atom. The molecule has 1 aliphatic heterocycles.